The Balaban J connectivity index is 0.00000110. The molecule has 1 saturated carbocycles. The molecule has 1 amide bonds. The molecule has 0 aromatic carbocycles. The lowest BCUT2D eigenvalue weighted by Crippen LogP contribution is -2.51. The first kappa shape index (κ1) is 12.5. The van der Waals surface area contributed by atoms with E-state index in [4.69, 9.17) is 4.99 Å². The standard InChI is InChI=1S/C12H15N5O.ClH/c1-6-13-9-10(14-6)17-8-5-3-4-7(8)15-12(17)16(2)11(9)18;/h7-8H,3-5H2,1-2H3,(H,13,14);1H/t7-,8+;/m0./s1. The number of aromatic nitrogens is 2. The van der Waals surface area contributed by atoms with E-state index in [0.717, 1.165) is 30.4 Å². The van der Waals surface area contributed by atoms with Crippen molar-refractivity contribution in [3.63, 3.8) is 0 Å². The molecule has 2 aliphatic heterocycles. The second-order valence-electron chi connectivity index (χ2n) is 5.25. The Labute approximate surface area is 117 Å². The second-order valence-corrected chi connectivity index (χ2v) is 5.25. The molecule has 3 aliphatic rings. The number of H-pyrrole nitrogens is 1. The van der Waals surface area contributed by atoms with Gasteiger partial charge in [0.15, 0.2) is 5.82 Å². The highest BCUT2D eigenvalue weighted by atomic mass is 35.5. The molecule has 1 aromatic heterocycles. The highest BCUT2D eigenvalue weighted by molar-refractivity contribution is 6.18. The van der Waals surface area contributed by atoms with Crippen LogP contribution in [-0.2, 0) is 0 Å². The van der Waals surface area contributed by atoms with Crippen LogP contribution in [-0.4, -0.2) is 45.9 Å². The van der Waals surface area contributed by atoms with Gasteiger partial charge in [-0.15, -0.1) is 12.4 Å². The topological polar surface area (TPSA) is 64.6 Å². The fraction of sp³-hybridized carbons (Fsp3) is 0.583. The summed E-state index contributed by atoms with van der Waals surface area (Å²) in [5.41, 5.74) is 0.599. The highest BCUT2D eigenvalue weighted by Crippen LogP contribution is 2.39. The molecule has 102 valence electrons. The number of aryl methyl sites for hydroxylation is 1. The Morgan fingerprint density at radius 2 is 2.16 bits per heavy atom. The molecule has 7 heteroatoms. The summed E-state index contributed by atoms with van der Waals surface area (Å²) in [6.07, 6.45) is 3.45. The van der Waals surface area contributed by atoms with E-state index in [2.05, 4.69) is 14.9 Å². The van der Waals surface area contributed by atoms with Crippen molar-refractivity contribution in [1.82, 2.24) is 14.9 Å². The van der Waals surface area contributed by atoms with Crippen LogP contribution in [0.4, 0.5) is 5.82 Å². The Hall–Kier alpha value is -1.56. The van der Waals surface area contributed by atoms with Crippen molar-refractivity contribution in [1.29, 1.82) is 0 Å². The summed E-state index contributed by atoms with van der Waals surface area (Å²) < 4.78 is 0. The van der Waals surface area contributed by atoms with E-state index in [0.29, 0.717) is 17.8 Å². The summed E-state index contributed by atoms with van der Waals surface area (Å²) in [6.45, 7) is 1.88. The van der Waals surface area contributed by atoms with Crippen LogP contribution in [0.5, 0.6) is 0 Å². The largest absolute Gasteiger partial charge is 0.336 e. The highest BCUT2D eigenvalue weighted by Gasteiger charge is 2.47. The molecule has 0 radical (unpaired) electrons. The maximum Gasteiger partial charge on any atom is 0.280 e. The zero-order valence-electron chi connectivity index (χ0n) is 10.9. The first-order valence-electron chi connectivity index (χ1n) is 6.38. The minimum absolute atomic E-state index is 0. The normalized spacial score (nSPS) is 27.7. The maximum absolute atomic E-state index is 12.2. The van der Waals surface area contributed by atoms with Crippen LogP contribution in [0, 0.1) is 6.92 Å². The van der Waals surface area contributed by atoms with Crippen LogP contribution in [0.3, 0.4) is 0 Å². The van der Waals surface area contributed by atoms with Gasteiger partial charge >= 0.3 is 0 Å². The predicted octanol–water partition coefficient (Wildman–Crippen LogP) is 1.32. The molecule has 1 fully saturated rings. The van der Waals surface area contributed by atoms with Crippen LogP contribution in [0.1, 0.15) is 35.6 Å². The van der Waals surface area contributed by atoms with Gasteiger partial charge in [-0.25, -0.2) is 9.98 Å². The summed E-state index contributed by atoms with van der Waals surface area (Å²) in [6, 6.07) is 0.718. The summed E-state index contributed by atoms with van der Waals surface area (Å²) in [5.74, 6) is 2.28. The van der Waals surface area contributed by atoms with Crippen molar-refractivity contribution in [3.8, 4) is 0 Å². The van der Waals surface area contributed by atoms with Crippen molar-refractivity contribution >= 4 is 30.1 Å². The van der Waals surface area contributed by atoms with E-state index in [1.165, 1.54) is 6.42 Å². The SMILES string of the molecule is Cc1nc2c([nH]1)C(=O)N(C)C1=N[C@H]3CCC[C@H]3N12.Cl. The third-order valence-corrected chi connectivity index (χ3v) is 4.12. The smallest absolute Gasteiger partial charge is 0.280 e. The van der Waals surface area contributed by atoms with Crippen LogP contribution < -0.4 is 4.90 Å². The zero-order chi connectivity index (χ0) is 12.4. The van der Waals surface area contributed by atoms with Crippen LogP contribution in [0.25, 0.3) is 0 Å². The van der Waals surface area contributed by atoms with E-state index >= 15 is 0 Å². The number of carbonyl (C=O) groups excluding carboxylic acids is 1. The number of nitrogens with zero attached hydrogens (tertiary/aromatic N) is 4. The Morgan fingerprint density at radius 1 is 1.37 bits per heavy atom. The first-order valence-corrected chi connectivity index (χ1v) is 6.38. The average Bonchev–Trinajstić information content (AvgIpc) is 2.98. The molecule has 3 heterocycles. The monoisotopic (exact) mass is 281 g/mol. The number of amides is 1. The van der Waals surface area contributed by atoms with Crippen molar-refractivity contribution in [2.75, 3.05) is 11.9 Å². The van der Waals surface area contributed by atoms with Gasteiger partial charge < -0.3 is 4.98 Å². The number of nitrogens with one attached hydrogen (secondary N) is 1. The molecule has 6 nitrogen and oxygen atoms in total. The predicted molar refractivity (Wildman–Crippen MR) is 74.0 cm³/mol. The van der Waals surface area contributed by atoms with Gasteiger partial charge in [0.25, 0.3) is 5.91 Å². The Kier molecular flexibility index (Phi) is 2.60. The number of imidazole rings is 1. The second kappa shape index (κ2) is 3.96. The number of hydrogen-bond acceptors (Lipinski definition) is 4. The summed E-state index contributed by atoms with van der Waals surface area (Å²) in [4.78, 5) is 28.3. The number of aliphatic imine (C=N–C) groups is 1. The number of guanidine groups is 1. The van der Waals surface area contributed by atoms with Crippen LogP contribution in [0.15, 0.2) is 4.99 Å². The number of aromatic amines is 1. The van der Waals surface area contributed by atoms with E-state index in [1.807, 2.05) is 6.92 Å². The van der Waals surface area contributed by atoms with Gasteiger partial charge in [-0.2, -0.15) is 0 Å². The number of halogens is 1. The molecule has 19 heavy (non-hydrogen) atoms. The van der Waals surface area contributed by atoms with E-state index < -0.39 is 0 Å². The molecular formula is C12H16ClN5O. The molecule has 0 saturated heterocycles. The maximum atomic E-state index is 12.2. The van der Waals surface area contributed by atoms with Gasteiger partial charge in [-0.05, 0) is 26.2 Å². The van der Waals surface area contributed by atoms with Crippen LogP contribution >= 0.6 is 12.4 Å². The number of hydrogen-bond donors (Lipinski definition) is 1. The quantitative estimate of drug-likeness (QED) is 0.780. The molecule has 1 N–H and O–H groups in total. The van der Waals surface area contributed by atoms with Crippen molar-refractivity contribution < 1.29 is 4.79 Å². The zero-order valence-corrected chi connectivity index (χ0v) is 11.7. The first-order chi connectivity index (χ1) is 8.66. The van der Waals surface area contributed by atoms with E-state index in [1.54, 1.807) is 11.9 Å². The van der Waals surface area contributed by atoms with Crippen molar-refractivity contribution in [2.45, 2.75) is 38.3 Å². The van der Waals surface area contributed by atoms with E-state index in [-0.39, 0.29) is 18.3 Å². The average molecular weight is 282 g/mol. The van der Waals surface area contributed by atoms with Gasteiger partial charge in [-0.3, -0.25) is 14.6 Å². The van der Waals surface area contributed by atoms with Gasteiger partial charge in [0.2, 0.25) is 5.96 Å². The van der Waals surface area contributed by atoms with Gasteiger partial charge in [0.1, 0.15) is 11.5 Å². The minimum atomic E-state index is -0.0411. The molecular weight excluding hydrogens is 266 g/mol. The summed E-state index contributed by atoms with van der Waals surface area (Å²) in [7, 11) is 1.79. The molecule has 4 rings (SSSR count). The molecule has 0 bridgehead atoms. The third-order valence-electron chi connectivity index (χ3n) is 4.12. The molecule has 1 aromatic rings. The minimum Gasteiger partial charge on any atom is -0.336 e. The molecule has 0 unspecified atom stereocenters. The molecule has 2 atom stereocenters. The lowest BCUT2D eigenvalue weighted by atomic mass is 10.1. The molecule has 1 aliphatic carbocycles. The molecule has 0 spiro atoms. The number of rotatable bonds is 0. The number of fused-ring (bicyclic) bond motifs is 5. The lowest BCUT2D eigenvalue weighted by molar-refractivity contribution is 0.0860. The lowest BCUT2D eigenvalue weighted by Gasteiger charge is -2.33. The number of carbonyl (C=O) groups is 1. The summed E-state index contributed by atoms with van der Waals surface area (Å²) in [5, 5.41) is 0. The third kappa shape index (κ3) is 1.46. The van der Waals surface area contributed by atoms with Gasteiger partial charge in [0.05, 0.1) is 12.1 Å². The van der Waals surface area contributed by atoms with Gasteiger partial charge in [-0.1, -0.05) is 0 Å². The Morgan fingerprint density at radius 3 is 2.95 bits per heavy atom. The van der Waals surface area contributed by atoms with Gasteiger partial charge in [0, 0.05) is 7.05 Å². The number of anilines is 1. The van der Waals surface area contributed by atoms with E-state index in [9.17, 15) is 4.79 Å². The fourth-order valence-electron chi connectivity index (χ4n) is 3.29. The van der Waals surface area contributed by atoms with Crippen molar-refractivity contribution in [2.24, 2.45) is 4.99 Å². The van der Waals surface area contributed by atoms with Crippen LogP contribution in [0.2, 0.25) is 0 Å². The Bertz CT molecular complexity index is 581. The fourth-order valence-corrected chi connectivity index (χ4v) is 3.29. The summed E-state index contributed by atoms with van der Waals surface area (Å²) >= 11 is 0. The van der Waals surface area contributed by atoms with Crippen molar-refractivity contribution in [3.05, 3.63) is 11.5 Å².